The molecule has 0 bridgehead atoms. The molecule has 0 radical (unpaired) electrons. The van der Waals surface area contributed by atoms with Gasteiger partial charge in [0, 0.05) is 50.1 Å². The summed E-state index contributed by atoms with van der Waals surface area (Å²) in [5, 5.41) is 9.84. The Kier molecular flexibility index (Phi) is 18.8. The van der Waals surface area contributed by atoms with Gasteiger partial charge >= 0.3 is 0 Å². The van der Waals surface area contributed by atoms with Crippen molar-refractivity contribution in [2.75, 3.05) is 0 Å². The lowest BCUT2D eigenvalue weighted by molar-refractivity contribution is 1.07. The summed E-state index contributed by atoms with van der Waals surface area (Å²) in [6, 6.07) is 118. The van der Waals surface area contributed by atoms with E-state index >= 15 is 0 Å². The molecule has 506 valence electrons. The van der Waals surface area contributed by atoms with Crippen molar-refractivity contribution in [3.63, 3.8) is 0 Å². The SMILES string of the molecule is Cc1c(C)c2cc(-c3nc(-c4ccccc4)nc(-c4ccccc4)n3)ccc2c2ccccc12.Cc1cc(-c2nc(-c3cccc4ccccc34)cc(-c3cccc4ccccc34)n2)cc(C)c1-c1ccccc1.Cc1cccc(-c2nc(-c3ccc(-c4ccccc4)cc3)nc(-c3cccc(C)c3)n2)c1. The van der Waals surface area contributed by atoms with Gasteiger partial charge in [-0.2, -0.15) is 0 Å². The Morgan fingerprint density at radius 1 is 0.179 bits per heavy atom. The predicted octanol–water partition coefficient (Wildman–Crippen LogP) is 25.0. The number of fused-ring (bicyclic) bond motifs is 5. The van der Waals surface area contributed by atoms with Crippen LogP contribution in [-0.2, 0) is 0 Å². The Hall–Kier alpha value is -13.6. The van der Waals surface area contributed by atoms with E-state index < -0.39 is 0 Å². The number of rotatable bonds is 11. The smallest absolute Gasteiger partial charge is 0.164 e. The summed E-state index contributed by atoms with van der Waals surface area (Å²) in [4.78, 5) is 39.5. The second-order valence-corrected chi connectivity index (χ2v) is 26.9. The fourth-order valence-electron chi connectivity index (χ4n) is 14.3. The van der Waals surface area contributed by atoms with E-state index in [1.165, 1.54) is 98.7 Å². The number of aryl methyl sites for hydroxylation is 6. The van der Waals surface area contributed by atoms with Gasteiger partial charge in [0.1, 0.15) is 0 Å². The summed E-state index contributed by atoms with van der Waals surface area (Å²) in [5.74, 6) is 4.81. The minimum atomic E-state index is 0.674. The fraction of sp³-hybridized carbons (Fsp3) is 0.0612. The molecule has 0 fully saturated rings. The van der Waals surface area contributed by atoms with Crippen molar-refractivity contribution in [2.24, 2.45) is 0 Å². The van der Waals surface area contributed by atoms with Crippen LogP contribution in [0.4, 0.5) is 0 Å². The molecule has 0 unspecified atom stereocenters. The Bertz CT molecular complexity index is 6010. The van der Waals surface area contributed by atoms with Gasteiger partial charge in [0.15, 0.2) is 40.8 Å². The van der Waals surface area contributed by atoms with Crippen molar-refractivity contribution in [2.45, 2.75) is 41.5 Å². The first-order valence-electron chi connectivity index (χ1n) is 35.9. The summed E-state index contributed by atoms with van der Waals surface area (Å²) >= 11 is 0. The number of benzene rings is 15. The molecule has 0 aliphatic heterocycles. The minimum absolute atomic E-state index is 0.674. The Labute approximate surface area is 618 Å². The molecule has 3 aromatic heterocycles. The van der Waals surface area contributed by atoms with Gasteiger partial charge in [0.2, 0.25) is 0 Å². The number of aromatic nitrogens is 8. The summed E-state index contributed by atoms with van der Waals surface area (Å²) < 4.78 is 0. The topological polar surface area (TPSA) is 103 Å². The summed E-state index contributed by atoms with van der Waals surface area (Å²) in [7, 11) is 0. The molecule has 3 heterocycles. The third-order valence-corrected chi connectivity index (χ3v) is 19.7. The lowest BCUT2D eigenvalue weighted by Crippen LogP contribution is -2.00. The maximum atomic E-state index is 5.20. The highest BCUT2D eigenvalue weighted by atomic mass is 15.0. The quantitative estimate of drug-likeness (QED) is 0.118. The standard InChI is InChI=1S/C38H28N2.C31H23N3.C29H23N3/c1-25-22-30(23-26(2)37(25)29-14-4-3-5-15-29)38-39-35(33-20-10-16-27-12-6-8-18-31(27)33)24-36(40-38)34-21-11-17-28-13-7-9-19-32(28)34;1-20-21(2)28-19-24(17-18-27(28)26-16-10-9-15-25(20)26)31-33-29(22-11-5-3-6-12-22)32-30(34-31)23-13-7-4-8-14-23;1-20-8-6-12-25(18-20)28-30-27(31-29(32-28)26-13-7-9-21(2)19-26)24-16-14-23(15-17-24)22-10-4-3-5-11-22/h3-24H,1-2H3;3-19H,1-2H3;3-19H,1-2H3. The van der Waals surface area contributed by atoms with E-state index in [2.05, 4.69) is 290 Å². The first kappa shape index (κ1) is 67.0. The van der Waals surface area contributed by atoms with Crippen molar-refractivity contribution < 1.29 is 0 Å². The lowest BCUT2D eigenvalue weighted by Gasteiger charge is -2.15. The van der Waals surface area contributed by atoms with E-state index in [1.54, 1.807) is 0 Å². The highest BCUT2D eigenvalue weighted by Crippen LogP contribution is 2.39. The van der Waals surface area contributed by atoms with Crippen molar-refractivity contribution in [3.8, 4) is 124 Å². The molecule has 18 rings (SSSR count). The van der Waals surface area contributed by atoms with E-state index in [-0.39, 0.29) is 0 Å². The van der Waals surface area contributed by atoms with Gasteiger partial charge in [-0.05, 0) is 166 Å². The molecule has 0 spiro atoms. The largest absolute Gasteiger partial charge is 0.228 e. The molecule has 8 nitrogen and oxygen atoms in total. The van der Waals surface area contributed by atoms with E-state index in [0.717, 1.165) is 67.3 Å². The molecule has 0 N–H and O–H groups in total. The average Bonchev–Trinajstić information content (AvgIpc) is 0.757. The molecule has 0 saturated carbocycles. The third kappa shape index (κ3) is 14.1. The van der Waals surface area contributed by atoms with Gasteiger partial charge in [0.05, 0.1) is 11.4 Å². The predicted molar refractivity (Wildman–Crippen MR) is 440 cm³/mol. The number of nitrogens with zero attached hydrogens (tertiary/aromatic N) is 8. The summed E-state index contributed by atoms with van der Waals surface area (Å²) in [5.41, 5.74) is 23.2. The van der Waals surface area contributed by atoms with Gasteiger partial charge in [-0.1, -0.05) is 314 Å². The van der Waals surface area contributed by atoms with Crippen LogP contribution >= 0.6 is 0 Å². The molecule has 0 aliphatic carbocycles. The Morgan fingerprint density at radius 2 is 0.491 bits per heavy atom. The molecular weight excluding hydrogens is 1290 g/mol. The van der Waals surface area contributed by atoms with Crippen LogP contribution in [0.15, 0.2) is 340 Å². The minimum Gasteiger partial charge on any atom is -0.228 e. The van der Waals surface area contributed by atoms with E-state index in [0.29, 0.717) is 34.9 Å². The monoisotopic (exact) mass is 1360 g/mol. The zero-order valence-electron chi connectivity index (χ0n) is 59.9. The molecule has 0 aliphatic rings. The molecule has 106 heavy (non-hydrogen) atoms. The zero-order valence-corrected chi connectivity index (χ0v) is 59.9. The van der Waals surface area contributed by atoms with Crippen LogP contribution in [0.2, 0.25) is 0 Å². The molecule has 18 aromatic rings. The van der Waals surface area contributed by atoms with Crippen LogP contribution in [0.3, 0.4) is 0 Å². The first-order valence-corrected chi connectivity index (χ1v) is 35.9. The normalized spacial score (nSPS) is 11.1. The van der Waals surface area contributed by atoms with Crippen LogP contribution in [0.25, 0.3) is 168 Å². The first-order chi connectivity index (χ1) is 52.0. The molecule has 0 saturated heterocycles. The van der Waals surface area contributed by atoms with Crippen molar-refractivity contribution in [1.29, 1.82) is 0 Å². The molecule has 0 atom stereocenters. The molecule has 8 heteroatoms. The van der Waals surface area contributed by atoms with Gasteiger partial charge in [-0.25, -0.2) is 39.9 Å². The molecule has 0 amide bonds. The van der Waals surface area contributed by atoms with Crippen LogP contribution in [-0.4, -0.2) is 39.9 Å². The Morgan fingerprint density at radius 3 is 0.962 bits per heavy atom. The van der Waals surface area contributed by atoms with E-state index in [9.17, 15) is 0 Å². The van der Waals surface area contributed by atoms with Gasteiger partial charge in [-0.15, -0.1) is 0 Å². The maximum Gasteiger partial charge on any atom is 0.164 e. The van der Waals surface area contributed by atoms with Crippen LogP contribution in [0.1, 0.15) is 33.4 Å². The second kappa shape index (κ2) is 29.8. The maximum absolute atomic E-state index is 5.20. The van der Waals surface area contributed by atoms with Crippen LogP contribution in [0.5, 0.6) is 0 Å². The molecule has 15 aromatic carbocycles. The highest BCUT2D eigenvalue weighted by Gasteiger charge is 2.20. The van der Waals surface area contributed by atoms with Gasteiger partial charge in [-0.3, -0.25) is 0 Å². The average molecular weight is 1360 g/mol. The summed E-state index contributed by atoms with van der Waals surface area (Å²) in [6.07, 6.45) is 0. The second-order valence-electron chi connectivity index (χ2n) is 26.9. The van der Waals surface area contributed by atoms with Crippen LogP contribution in [0, 0.1) is 41.5 Å². The highest BCUT2D eigenvalue weighted by molar-refractivity contribution is 6.11. The lowest BCUT2D eigenvalue weighted by atomic mass is 9.92. The van der Waals surface area contributed by atoms with Crippen LogP contribution < -0.4 is 0 Å². The van der Waals surface area contributed by atoms with E-state index in [4.69, 9.17) is 39.9 Å². The summed E-state index contributed by atoms with van der Waals surface area (Å²) in [6.45, 7) is 12.9. The van der Waals surface area contributed by atoms with Crippen molar-refractivity contribution >= 4 is 43.1 Å². The fourth-order valence-corrected chi connectivity index (χ4v) is 14.3. The van der Waals surface area contributed by atoms with Crippen molar-refractivity contribution in [3.05, 3.63) is 373 Å². The number of hydrogen-bond donors (Lipinski definition) is 0. The molecular formula is C98H74N8. The zero-order chi connectivity index (χ0) is 72.0. The Balaban J connectivity index is 0.000000123. The van der Waals surface area contributed by atoms with E-state index in [1.807, 2.05) is 91.0 Å². The van der Waals surface area contributed by atoms with Crippen molar-refractivity contribution in [1.82, 2.24) is 39.9 Å². The number of hydrogen-bond acceptors (Lipinski definition) is 8. The third-order valence-electron chi connectivity index (χ3n) is 19.7. The van der Waals surface area contributed by atoms with Gasteiger partial charge in [0.25, 0.3) is 0 Å². The van der Waals surface area contributed by atoms with Gasteiger partial charge < -0.3 is 0 Å².